The molecule has 3 rings (SSSR count). The molecule has 102 valence electrons. The van der Waals surface area contributed by atoms with Gasteiger partial charge in [0.2, 0.25) is 0 Å². The van der Waals surface area contributed by atoms with Crippen LogP contribution in [0.25, 0.3) is 0 Å². The van der Waals surface area contributed by atoms with E-state index in [0.29, 0.717) is 16.3 Å². The van der Waals surface area contributed by atoms with E-state index in [0.717, 1.165) is 32.4 Å². The first kappa shape index (κ1) is 12.6. The zero-order chi connectivity index (χ0) is 13.3. The van der Waals surface area contributed by atoms with E-state index in [9.17, 15) is 8.42 Å². The molecule has 5 nitrogen and oxygen atoms in total. The summed E-state index contributed by atoms with van der Waals surface area (Å²) in [6.07, 6.45) is 3.28. The number of rotatable bonds is 1. The smallest absolute Gasteiger partial charge is 0.263 e. The van der Waals surface area contributed by atoms with Gasteiger partial charge in [-0.15, -0.1) is 0 Å². The lowest BCUT2D eigenvalue weighted by Gasteiger charge is -2.10. The monoisotopic (exact) mass is 279 g/mol. The molecule has 2 aliphatic rings. The van der Waals surface area contributed by atoms with E-state index in [1.807, 2.05) is 6.07 Å². The molecule has 1 aromatic rings. The summed E-state index contributed by atoms with van der Waals surface area (Å²) < 4.78 is 26.5. The highest BCUT2D eigenvalue weighted by molar-refractivity contribution is 7.90. The van der Waals surface area contributed by atoms with Crippen molar-refractivity contribution in [3.05, 3.63) is 29.8 Å². The first-order valence-electron chi connectivity index (χ1n) is 6.57. The summed E-state index contributed by atoms with van der Waals surface area (Å²) in [5, 5.41) is 3.33. The van der Waals surface area contributed by atoms with Gasteiger partial charge in [0.15, 0.2) is 0 Å². The van der Waals surface area contributed by atoms with Crippen molar-refractivity contribution in [1.82, 2.24) is 10.0 Å². The second-order valence-electron chi connectivity index (χ2n) is 4.93. The van der Waals surface area contributed by atoms with E-state index in [4.69, 9.17) is 0 Å². The van der Waals surface area contributed by atoms with Gasteiger partial charge in [0.1, 0.15) is 5.84 Å². The number of aliphatic imine (C=N–C) groups is 1. The van der Waals surface area contributed by atoms with E-state index in [1.54, 1.807) is 18.2 Å². The molecule has 6 heteroatoms. The van der Waals surface area contributed by atoms with Gasteiger partial charge in [0.05, 0.1) is 10.9 Å². The molecular formula is C13H17N3O2S. The molecule has 0 aromatic heterocycles. The molecule has 0 saturated carbocycles. The summed E-state index contributed by atoms with van der Waals surface area (Å²) >= 11 is 0. The maximum atomic E-state index is 12.0. The van der Waals surface area contributed by atoms with Crippen LogP contribution in [0.3, 0.4) is 0 Å². The Morgan fingerprint density at radius 2 is 2.05 bits per heavy atom. The van der Waals surface area contributed by atoms with Crippen LogP contribution >= 0.6 is 0 Å². The largest absolute Gasteiger partial charge is 0.315 e. The van der Waals surface area contributed by atoms with Crippen molar-refractivity contribution >= 4 is 15.9 Å². The topological polar surface area (TPSA) is 70.6 Å². The van der Waals surface area contributed by atoms with E-state index in [2.05, 4.69) is 15.0 Å². The van der Waals surface area contributed by atoms with Crippen molar-refractivity contribution in [3.63, 3.8) is 0 Å². The third kappa shape index (κ3) is 2.50. The third-order valence-electron chi connectivity index (χ3n) is 3.50. The van der Waals surface area contributed by atoms with Gasteiger partial charge >= 0.3 is 0 Å². The Morgan fingerprint density at radius 3 is 2.95 bits per heavy atom. The zero-order valence-electron chi connectivity index (χ0n) is 10.6. The standard InChI is InChI=1S/C13H17N3O2S/c17-19(18)12-7-2-1-6-11(12)13(16-19)15-10-5-3-4-8-14-9-10/h1-2,6-7,10,14H,3-5,8-9H2,(H,15,16). The lowest BCUT2D eigenvalue weighted by Crippen LogP contribution is -2.28. The lowest BCUT2D eigenvalue weighted by molar-refractivity contribution is 0.592. The fraction of sp³-hybridized carbons (Fsp3) is 0.462. The first-order valence-corrected chi connectivity index (χ1v) is 8.06. The Hall–Kier alpha value is -1.40. The number of fused-ring (bicyclic) bond motifs is 1. The molecule has 0 amide bonds. The number of sulfonamides is 1. The van der Waals surface area contributed by atoms with Gasteiger partial charge in [-0.2, -0.15) is 0 Å². The number of nitrogens with zero attached hydrogens (tertiary/aromatic N) is 1. The third-order valence-corrected chi connectivity index (χ3v) is 4.89. The molecular weight excluding hydrogens is 262 g/mol. The van der Waals surface area contributed by atoms with Crippen LogP contribution in [0.4, 0.5) is 0 Å². The first-order chi connectivity index (χ1) is 9.17. The molecule has 2 aliphatic heterocycles. The summed E-state index contributed by atoms with van der Waals surface area (Å²) in [5.74, 6) is 0.490. The van der Waals surface area contributed by atoms with Crippen LogP contribution in [0.2, 0.25) is 0 Å². The summed E-state index contributed by atoms with van der Waals surface area (Å²) in [6, 6.07) is 7.13. The zero-order valence-corrected chi connectivity index (χ0v) is 11.4. The molecule has 0 bridgehead atoms. The molecule has 1 atom stereocenters. The molecule has 2 heterocycles. The minimum Gasteiger partial charge on any atom is -0.315 e. The highest BCUT2D eigenvalue weighted by Crippen LogP contribution is 2.23. The Morgan fingerprint density at radius 1 is 1.21 bits per heavy atom. The van der Waals surface area contributed by atoms with Crippen molar-refractivity contribution < 1.29 is 8.42 Å². The molecule has 0 aliphatic carbocycles. The van der Waals surface area contributed by atoms with Crippen LogP contribution in [0.15, 0.2) is 34.2 Å². The average molecular weight is 279 g/mol. The Balaban J connectivity index is 1.94. The summed E-state index contributed by atoms with van der Waals surface area (Å²) in [5.41, 5.74) is 0.687. The quantitative estimate of drug-likeness (QED) is 0.801. The maximum Gasteiger partial charge on any atom is 0.263 e. The van der Waals surface area contributed by atoms with Crippen LogP contribution in [-0.2, 0) is 10.0 Å². The van der Waals surface area contributed by atoms with E-state index in [1.165, 1.54) is 0 Å². The van der Waals surface area contributed by atoms with Crippen molar-refractivity contribution in [2.75, 3.05) is 13.1 Å². The van der Waals surface area contributed by atoms with Crippen LogP contribution < -0.4 is 10.0 Å². The highest BCUT2D eigenvalue weighted by Gasteiger charge is 2.30. The van der Waals surface area contributed by atoms with Crippen LogP contribution in [-0.4, -0.2) is 33.4 Å². The van der Waals surface area contributed by atoms with Crippen molar-refractivity contribution in [3.8, 4) is 0 Å². The number of hydrogen-bond donors (Lipinski definition) is 2. The molecule has 0 radical (unpaired) electrons. The lowest BCUT2D eigenvalue weighted by atomic mass is 10.1. The van der Waals surface area contributed by atoms with Crippen LogP contribution in [0.5, 0.6) is 0 Å². The van der Waals surface area contributed by atoms with Gasteiger partial charge in [-0.1, -0.05) is 18.6 Å². The predicted molar refractivity (Wildman–Crippen MR) is 73.8 cm³/mol. The molecule has 2 N–H and O–H groups in total. The van der Waals surface area contributed by atoms with E-state index >= 15 is 0 Å². The minimum absolute atomic E-state index is 0.145. The molecule has 0 spiro atoms. The molecule has 1 saturated heterocycles. The Bertz CT molecular complexity index is 602. The second-order valence-corrected chi connectivity index (χ2v) is 6.58. The van der Waals surface area contributed by atoms with Crippen LogP contribution in [0.1, 0.15) is 24.8 Å². The van der Waals surface area contributed by atoms with Crippen molar-refractivity contribution in [2.24, 2.45) is 4.99 Å². The summed E-state index contributed by atoms with van der Waals surface area (Å²) in [7, 11) is -3.42. The fourth-order valence-electron chi connectivity index (χ4n) is 2.52. The highest BCUT2D eigenvalue weighted by atomic mass is 32.2. The normalized spacial score (nSPS) is 27.6. The molecule has 1 fully saturated rings. The van der Waals surface area contributed by atoms with Gasteiger partial charge < -0.3 is 5.32 Å². The maximum absolute atomic E-state index is 12.0. The number of amidine groups is 1. The fourth-order valence-corrected chi connectivity index (χ4v) is 3.76. The Labute approximate surface area is 113 Å². The van der Waals surface area contributed by atoms with Gasteiger partial charge in [0.25, 0.3) is 10.0 Å². The summed E-state index contributed by atoms with van der Waals surface area (Å²) in [4.78, 5) is 4.92. The van der Waals surface area contributed by atoms with E-state index < -0.39 is 10.0 Å². The van der Waals surface area contributed by atoms with Gasteiger partial charge in [-0.25, -0.2) is 8.42 Å². The Kier molecular flexibility index (Phi) is 3.28. The molecule has 1 aromatic carbocycles. The number of nitrogens with one attached hydrogen (secondary N) is 2. The van der Waals surface area contributed by atoms with Gasteiger partial charge in [0, 0.05) is 12.1 Å². The van der Waals surface area contributed by atoms with Crippen molar-refractivity contribution in [1.29, 1.82) is 0 Å². The predicted octanol–water partition coefficient (Wildman–Crippen LogP) is 0.867. The van der Waals surface area contributed by atoms with Gasteiger partial charge in [-0.05, 0) is 31.5 Å². The molecule has 19 heavy (non-hydrogen) atoms. The van der Waals surface area contributed by atoms with Crippen molar-refractivity contribution in [2.45, 2.75) is 30.2 Å². The number of benzene rings is 1. The number of hydrogen-bond acceptors (Lipinski definition) is 4. The van der Waals surface area contributed by atoms with E-state index in [-0.39, 0.29) is 6.04 Å². The second kappa shape index (κ2) is 4.94. The van der Waals surface area contributed by atoms with Gasteiger partial charge in [-0.3, -0.25) is 9.71 Å². The molecule has 1 unspecified atom stereocenters. The summed E-state index contributed by atoms with van der Waals surface area (Å²) in [6.45, 7) is 1.83. The van der Waals surface area contributed by atoms with Crippen LogP contribution in [0, 0.1) is 0 Å². The minimum atomic E-state index is -3.42. The SMILES string of the molecule is O=S1(=O)NC(=NC2CCCCNC2)c2ccccc21. The average Bonchev–Trinajstić information content (AvgIpc) is 2.59.